The number of rotatable bonds is 5. The van der Waals surface area contributed by atoms with Crippen LogP contribution in [-0.4, -0.2) is 47.1 Å². The maximum absolute atomic E-state index is 12.6. The van der Waals surface area contributed by atoms with Gasteiger partial charge in [-0.05, 0) is 11.1 Å². The summed E-state index contributed by atoms with van der Waals surface area (Å²) >= 11 is 0. The van der Waals surface area contributed by atoms with E-state index in [1.165, 1.54) is 5.56 Å². The van der Waals surface area contributed by atoms with Crippen LogP contribution in [0.1, 0.15) is 23.6 Å². The maximum atomic E-state index is 12.6. The van der Waals surface area contributed by atoms with Gasteiger partial charge in [-0.15, -0.1) is 0 Å². The lowest BCUT2D eigenvalue weighted by atomic mass is 10.1. The third kappa shape index (κ3) is 4.02. The molecule has 0 spiro atoms. The van der Waals surface area contributed by atoms with Crippen molar-refractivity contribution in [1.29, 1.82) is 0 Å². The largest absolute Gasteiger partial charge is 0.394 e. The van der Waals surface area contributed by atoms with Gasteiger partial charge in [-0.25, -0.2) is 0 Å². The predicted molar refractivity (Wildman–Crippen MR) is 94.3 cm³/mol. The summed E-state index contributed by atoms with van der Waals surface area (Å²) in [5, 5.41) is 9.83. The van der Waals surface area contributed by atoms with Gasteiger partial charge < -0.3 is 10.0 Å². The number of aliphatic hydroxyl groups excluding tert-OH is 1. The molecule has 1 fully saturated rings. The summed E-state index contributed by atoms with van der Waals surface area (Å²) in [5.41, 5.74) is 2.25. The van der Waals surface area contributed by atoms with Gasteiger partial charge in [0.2, 0.25) is 5.91 Å². The van der Waals surface area contributed by atoms with Crippen LogP contribution in [0.4, 0.5) is 0 Å². The zero-order valence-electron chi connectivity index (χ0n) is 13.8. The average molecular weight is 324 g/mol. The fourth-order valence-electron chi connectivity index (χ4n) is 3.27. The van der Waals surface area contributed by atoms with Gasteiger partial charge in [0.25, 0.3) is 0 Å². The van der Waals surface area contributed by atoms with E-state index in [9.17, 15) is 9.90 Å². The van der Waals surface area contributed by atoms with Gasteiger partial charge in [0.15, 0.2) is 0 Å². The predicted octanol–water partition coefficient (Wildman–Crippen LogP) is 2.45. The summed E-state index contributed by atoms with van der Waals surface area (Å²) in [5.74, 6) is 0.119. The Hall–Kier alpha value is -2.17. The number of hydrogen-bond donors (Lipinski definition) is 1. The zero-order chi connectivity index (χ0) is 16.8. The van der Waals surface area contributed by atoms with E-state index in [-0.39, 0.29) is 18.6 Å². The SMILES string of the molecule is O=C1CCN(Cc2ccccc2)CCN1[C@H](CO)c1ccccc1. The van der Waals surface area contributed by atoms with Crippen LogP contribution in [0.3, 0.4) is 0 Å². The second-order valence-corrected chi connectivity index (χ2v) is 6.21. The highest BCUT2D eigenvalue weighted by atomic mass is 16.3. The second-order valence-electron chi connectivity index (χ2n) is 6.21. The van der Waals surface area contributed by atoms with Gasteiger partial charge in [0.1, 0.15) is 0 Å². The fraction of sp³-hybridized carbons (Fsp3) is 0.350. The highest BCUT2D eigenvalue weighted by Gasteiger charge is 2.27. The van der Waals surface area contributed by atoms with Crippen molar-refractivity contribution >= 4 is 5.91 Å². The van der Waals surface area contributed by atoms with Crippen LogP contribution < -0.4 is 0 Å². The van der Waals surface area contributed by atoms with E-state index in [1.807, 2.05) is 53.4 Å². The number of carbonyl (C=O) groups is 1. The first kappa shape index (κ1) is 16.7. The topological polar surface area (TPSA) is 43.8 Å². The van der Waals surface area contributed by atoms with E-state index in [0.717, 1.165) is 25.2 Å². The number of hydrogen-bond acceptors (Lipinski definition) is 3. The molecule has 1 heterocycles. The van der Waals surface area contributed by atoms with Crippen molar-refractivity contribution in [3.8, 4) is 0 Å². The Labute approximate surface area is 143 Å². The van der Waals surface area contributed by atoms with E-state index in [4.69, 9.17) is 0 Å². The lowest BCUT2D eigenvalue weighted by Gasteiger charge is -2.30. The van der Waals surface area contributed by atoms with Crippen molar-refractivity contribution in [2.24, 2.45) is 0 Å². The molecule has 1 saturated heterocycles. The molecule has 1 aliphatic heterocycles. The molecular formula is C20H24N2O2. The van der Waals surface area contributed by atoms with Crippen molar-refractivity contribution < 1.29 is 9.90 Å². The molecule has 3 rings (SSSR count). The molecule has 1 aliphatic rings. The van der Waals surface area contributed by atoms with Crippen molar-refractivity contribution in [3.63, 3.8) is 0 Å². The summed E-state index contributed by atoms with van der Waals surface area (Å²) in [7, 11) is 0. The van der Waals surface area contributed by atoms with Crippen molar-refractivity contribution in [1.82, 2.24) is 9.80 Å². The van der Waals surface area contributed by atoms with Gasteiger partial charge in [-0.1, -0.05) is 60.7 Å². The molecule has 4 nitrogen and oxygen atoms in total. The Kier molecular flexibility index (Phi) is 5.62. The van der Waals surface area contributed by atoms with Gasteiger partial charge in [-0.3, -0.25) is 9.69 Å². The first-order valence-electron chi connectivity index (χ1n) is 8.49. The maximum Gasteiger partial charge on any atom is 0.224 e. The number of amides is 1. The minimum absolute atomic E-state index is 0.0472. The van der Waals surface area contributed by atoms with Crippen LogP contribution in [-0.2, 0) is 11.3 Å². The van der Waals surface area contributed by atoms with Gasteiger partial charge in [0, 0.05) is 32.6 Å². The van der Waals surface area contributed by atoms with Crippen molar-refractivity contribution in [2.75, 3.05) is 26.2 Å². The number of aliphatic hydroxyl groups is 1. The van der Waals surface area contributed by atoms with Crippen molar-refractivity contribution in [3.05, 3.63) is 71.8 Å². The van der Waals surface area contributed by atoms with E-state index in [2.05, 4.69) is 17.0 Å². The van der Waals surface area contributed by atoms with Crippen LogP contribution in [0.15, 0.2) is 60.7 Å². The lowest BCUT2D eigenvalue weighted by Crippen LogP contribution is -2.38. The van der Waals surface area contributed by atoms with Crippen LogP contribution in [0, 0.1) is 0 Å². The molecule has 1 N–H and O–H groups in total. The molecule has 0 radical (unpaired) electrons. The third-order valence-corrected chi connectivity index (χ3v) is 4.60. The lowest BCUT2D eigenvalue weighted by molar-refractivity contribution is -0.133. The molecule has 2 aromatic rings. The number of nitrogens with zero attached hydrogens (tertiary/aromatic N) is 2. The molecule has 0 unspecified atom stereocenters. The Balaban J connectivity index is 1.69. The molecule has 0 aliphatic carbocycles. The Bertz CT molecular complexity index is 645. The van der Waals surface area contributed by atoms with Crippen LogP contribution in [0.25, 0.3) is 0 Å². The third-order valence-electron chi connectivity index (χ3n) is 4.60. The van der Waals surface area contributed by atoms with Crippen molar-refractivity contribution in [2.45, 2.75) is 19.0 Å². The molecule has 1 atom stereocenters. The molecule has 0 bridgehead atoms. The average Bonchev–Trinajstić information content (AvgIpc) is 2.80. The fourth-order valence-corrected chi connectivity index (χ4v) is 3.27. The van der Waals surface area contributed by atoms with E-state index in [0.29, 0.717) is 13.0 Å². The highest BCUT2D eigenvalue weighted by molar-refractivity contribution is 5.77. The summed E-state index contributed by atoms with van der Waals surface area (Å²) < 4.78 is 0. The molecule has 0 aromatic heterocycles. The van der Waals surface area contributed by atoms with E-state index in [1.54, 1.807) is 0 Å². The van der Waals surface area contributed by atoms with Crippen LogP contribution in [0.2, 0.25) is 0 Å². The first-order valence-corrected chi connectivity index (χ1v) is 8.49. The highest BCUT2D eigenvalue weighted by Crippen LogP contribution is 2.23. The minimum atomic E-state index is -0.254. The number of benzene rings is 2. The minimum Gasteiger partial charge on any atom is -0.394 e. The van der Waals surface area contributed by atoms with Gasteiger partial charge in [0.05, 0.1) is 12.6 Å². The molecule has 2 aromatic carbocycles. The van der Waals surface area contributed by atoms with E-state index < -0.39 is 0 Å². The number of carbonyl (C=O) groups excluding carboxylic acids is 1. The summed E-state index contributed by atoms with van der Waals surface area (Å²) in [4.78, 5) is 16.7. The molecule has 126 valence electrons. The monoisotopic (exact) mass is 324 g/mol. The van der Waals surface area contributed by atoms with Crippen LogP contribution in [0.5, 0.6) is 0 Å². The van der Waals surface area contributed by atoms with Gasteiger partial charge in [-0.2, -0.15) is 0 Å². The normalized spacial score (nSPS) is 17.5. The quantitative estimate of drug-likeness (QED) is 0.919. The molecule has 1 amide bonds. The molecule has 0 saturated carbocycles. The standard InChI is InChI=1S/C20H24N2O2/c23-16-19(18-9-5-2-6-10-18)22-14-13-21(12-11-20(22)24)15-17-7-3-1-4-8-17/h1-10,19,23H,11-16H2/t19-/m1/s1. The summed E-state index contributed by atoms with van der Waals surface area (Å²) in [6.07, 6.45) is 0.496. The molecular weight excluding hydrogens is 300 g/mol. The Morgan fingerprint density at radius 3 is 2.25 bits per heavy atom. The first-order chi connectivity index (χ1) is 11.8. The van der Waals surface area contributed by atoms with Gasteiger partial charge >= 0.3 is 0 Å². The smallest absolute Gasteiger partial charge is 0.224 e. The van der Waals surface area contributed by atoms with E-state index >= 15 is 0 Å². The van der Waals surface area contributed by atoms with Crippen LogP contribution >= 0.6 is 0 Å². The molecule has 4 heteroatoms. The summed E-state index contributed by atoms with van der Waals surface area (Å²) in [6.45, 7) is 3.04. The zero-order valence-corrected chi connectivity index (χ0v) is 13.8. The second kappa shape index (κ2) is 8.08. The Morgan fingerprint density at radius 1 is 0.917 bits per heavy atom. The summed E-state index contributed by atoms with van der Waals surface area (Å²) in [6, 6.07) is 19.9. The molecule has 24 heavy (non-hydrogen) atoms. The Morgan fingerprint density at radius 2 is 1.58 bits per heavy atom.